The number of aliphatic hydroxyl groups is 3. The van der Waals surface area contributed by atoms with Crippen LogP contribution in [0.15, 0.2) is 65.1 Å². The van der Waals surface area contributed by atoms with Gasteiger partial charge in [0.2, 0.25) is 5.78 Å². The van der Waals surface area contributed by atoms with E-state index >= 15 is 0 Å². The predicted octanol–water partition coefficient (Wildman–Crippen LogP) is 1.15. The maximum atomic E-state index is 13.9. The molecule has 0 unspecified atom stereocenters. The minimum absolute atomic E-state index is 0.0202. The van der Waals surface area contributed by atoms with Gasteiger partial charge in [0.25, 0.3) is 5.91 Å². The Hall–Kier alpha value is -4.68. The summed E-state index contributed by atoms with van der Waals surface area (Å²) in [6, 6.07) is 8.77. The van der Waals surface area contributed by atoms with Gasteiger partial charge in [0.1, 0.15) is 34.7 Å². The van der Waals surface area contributed by atoms with Crippen molar-refractivity contribution >= 4 is 23.4 Å². The molecular formula is C30H30N2O10. The predicted molar refractivity (Wildman–Crippen MR) is 145 cm³/mol. The fourth-order valence-electron chi connectivity index (χ4n) is 6.67. The minimum Gasteiger partial charge on any atom is -0.510 e. The Labute approximate surface area is 239 Å². The number of rotatable bonds is 5. The molecule has 5 rings (SSSR count). The lowest BCUT2D eigenvalue weighted by molar-refractivity contribution is -0.180. The number of nitrogens with two attached hydrogens (primary N) is 1. The highest BCUT2D eigenvalue weighted by Gasteiger charge is 2.68. The Kier molecular flexibility index (Phi) is 6.86. The quantitative estimate of drug-likeness (QED) is 0.219. The molecule has 2 aromatic rings. The van der Waals surface area contributed by atoms with Crippen LogP contribution >= 0.6 is 0 Å². The minimum atomic E-state index is -3.02. The molecule has 1 amide bonds. The zero-order valence-electron chi connectivity index (χ0n) is 22.9. The van der Waals surface area contributed by atoms with E-state index in [0.29, 0.717) is 11.1 Å². The number of Topliss-reactive ketones (excluding diaryl/α,β-unsaturated/α-hetero) is 2. The van der Waals surface area contributed by atoms with Gasteiger partial charge in [-0.15, -0.1) is 0 Å². The molecule has 0 saturated carbocycles. The molecule has 0 bridgehead atoms. The summed E-state index contributed by atoms with van der Waals surface area (Å²) < 4.78 is 5.96. The van der Waals surface area contributed by atoms with Gasteiger partial charge in [0.15, 0.2) is 11.4 Å². The van der Waals surface area contributed by atoms with E-state index < -0.39 is 87.4 Å². The average Bonchev–Trinajstić information content (AvgIpc) is 2.91. The van der Waals surface area contributed by atoms with Crippen molar-refractivity contribution in [3.8, 4) is 11.5 Å². The Morgan fingerprint density at radius 3 is 2.26 bits per heavy atom. The normalized spacial score (nSPS) is 28.7. The van der Waals surface area contributed by atoms with E-state index in [9.17, 15) is 44.7 Å². The first-order chi connectivity index (χ1) is 19.7. The molecule has 0 fully saturated rings. The number of amides is 1. The van der Waals surface area contributed by atoms with Gasteiger partial charge >= 0.3 is 5.97 Å². The standard InChI is InChI=1S/C30H30N2O10/c1-12-15-5-4-6-16(34)19(15)24(36)20-18(12)26(42-17(35)11-13-7-9-14(33)10-8-13)22-23(32(2)3)25(37)21(29(31)40)28(39)30(22,41)27(20)38/h4-10,12,18,22-23,26,33-34,37-38,41H,11H2,1-3H3,(H2,31,40)/t12-,18+,22+,23-,26+,30+/m1/s1. The molecule has 2 aromatic carbocycles. The van der Waals surface area contributed by atoms with Crippen LogP contribution in [0, 0.1) is 11.8 Å². The van der Waals surface area contributed by atoms with Crippen LogP contribution in [0.3, 0.4) is 0 Å². The Morgan fingerprint density at radius 1 is 1.02 bits per heavy atom. The molecule has 220 valence electrons. The van der Waals surface area contributed by atoms with Crippen LogP contribution in [0.4, 0.5) is 0 Å². The molecule has 3 aliphatic carbocycles. The van der Waals surface area contributed by atoms with Crippen molar-refractivity contribution in [2.24, 2.45) is 17.6 Å². The molecule has 0 radical (unpaired) electrons. The van der Waals surface area contributed by atoms with Crippen molar-refractivity contribution in [3.63, 3.8) is 0 Å². The number of carbonyl (C=O) groups excluding carboxylic acids is 4. The summed E-state index contributed by atoms with van der Waals surface area (Å²) >= 11 is 0. The fourth-order valence-corrected chi connectivity index (χ4v) is 6.67. The van der Waals surface area contributed by atoms with Crippen molar-refractivity contribution in [2.45, 2.75) is 37.0 Å². The molecule has 6 atom stereocenters. The van der Waals surface area contributed by atoms with Gasteiger partial charge in [0.05, 0.1) is 23.9 Å². The van der Waals surface area contributed by atoms with Gasteiger partial charge in [-0.05, 0) is 49.3 Å². The Bertz CT molecular complexity index is 1590. The van der Waals surface area contributed by atoms with Gasteiger partial charge in [-0.3, -0.25) is 24.1 Å². The SMILES string of the molecule is C[C@@H]1c2cccc(O)c2C(=O)C2=C(O)[C@]3(O)C(=O)C(C(N)=O)=C(O)[C@H](N(C)C)[C@H]3[C@@H](OC(=O)Cc3ccc(O)cc3)[C@H]21. The van der Waals surface area contributed by atoms with Gasteiger partial charge in [0, 0.05) is 11.5 Å². The lowest BCUT2D eigenvalue weighted by Crippen LogP contribution is -2.69. The molecule has 0 heterocycles. The smallest absolute Gasteiger partial charge is 0.310 e. The summed E-state index contributed by atoms with van der Waals surface area (Å²) in [5.41, 5.74) is 1.65. The number of ether oxygens (including phenoxy) is 1. The molecule has 0 saturated heterocycles. The number of hydrogen-bond acceptors (Lipinski definition) is 11. The second kappa shape index (κ2) is 10.00. The summed E-state index contributed by atoms with van der Waals surface area (Å²) in [7, 11) is 2.95. The second-order valence-corrected chi connectivity index (χ2v) is 11.1. The fraction of sp³-hybridized carbons (Fsp3) is 0.333. The summed E-state index contributed by atoms with van der Waals surface area (Å²) in [5, 5.41) is 55.0. The van der Waals surface area contributed by atoms with Crippen LogP contribution in [-0.4, -0.2) is 85.7 Å². The Morgan fingerprint density at radius 2 is 1.67 bits per heavy atom. The van der Waals surface area contributed by atoms with E-state index in [2.05, 4.69) is 0 Å². The highest BCUT2D eigenvalue weighted by molar-refractivity contribution is 6.25. The van der Waals surface area contributed by atoms with Crippen LogP contribution in [0.2, 0.25) is 0 Å². The van der Waals surface area contributed by atoms with Crippen LogP contribution in [0.1, 0.15) is 34.3 Å². The first-order valence-corrected chi connectivity index (χ1v) is 13.2. The first-order valence-electron chi connectivity index (χ1n) is 13.2. The monoisotopic (exact) mass is 578 g/mol. The van der Waals surface area contributed by atoms with Crippen molar-refractivity contribution < 1.29 is 49.4 Å². The van der Waals surface area contributed by atoms with Gasteiger partial charge in [-0.1, -0.05) is 31.2 Å². The van der Waals surface area contributed by atoms with Crippen molar-refractivity contribution in [3.05, 3.63) is 81.8 Å². The summed E-state index contributed by atoms with van der Waals surface area (Å²) in [6.45, 7) is 1.67. The number of likely N-dealkylation sites (N-methyl/N-ethyl adjacent to an activating group) is 1. The van der Waals surface area contributed by atoms with E-state index in [1.165, 1.54) is 55.4 Å². The van der Waals surface area contributed by atoms with Crippen molar-refractivity contribution in [2.75, 3.05) is 14.1 Å². The number of ketones is 2. The van der Waals surface area contributed by atoms with Crippen LogP contribution in [0.25, 0.3) is 0 Å². The number of phenolic OH excluding ortho intramolecular Hbond substituents is 2. The van der Waals surface area contributed by atoms with E-state index in [0.717, 1.165) is 0 Å². The highest BCUT2D eigenvalue weighted by atomic mass is 16.5. The lowest BCUT2D eigenvalue weighted by Gasteiger charge is -2.54. The molecule has 3 aliphatic rings. The number of aliphatic hydroxyl groups excluding tert-OH is 2. The lowest BCUT2D eigenvalue weighted by atomic mass is 9.55. The molecule has 0 spiro atoms. The summed E-state index contributed by atoms with van der Waals surface area (Å²) in [4.78, 5) is 54.7. The molecular weight excluding hydrogens is 548 g/mol. The van der Waals surface area contributed by atoms with Crippen molar-refractivity contribution in [1.29, 1.82) is 0 Å². The number of aromatic hydroxyl groups is 2. The number of hydrogen-bond donors (Lipinski definition) is 6. The van der Waals surface area contributed by atoms with E-state index in [1.54, 1.807) is 13.0 Å². The number of phenols is 2. The zero-order valence-corrected chi connectivity index (χ0v) is 22.9. The number of esters is 1. The topological polar surface area (TPSA) is 208 Å². The van der Waals surface area contributed by atoms with Gasteiger partial charge in [-0.2, -0.15) is 0 Å². The molecule has 7 N–H and O–H groups in total. The third kappa shape index (κ3) is 4.05. The Balaban J connectivity index is 1.75. The number of primary amides is 1. The van der Waals surface area contributed by atoms with Crippen LogP contribution < -0.4 is 5.73 Å². The van der Waals surface area contributed by atoms with Gasteiger partial charge < -0.3 is 36.0 Å². The number of nitrogens with zero attached hydrogens (tertiary/aromatic N) is 1. The van der Waals surface area contributed by atoms with Crippen molar-refractivity contribution in [1.82, 2.24) is 4.90 Å². The maximum absolute atomic E-state index is 13.9. The number of benzene rings is 2. The molecule has 42 heavy (non-hydrogen) atoms. The van der Waals surface area contributed by atoms with Crippen LogP contribution in [0.5, 0.6) is 11.5 Å². The highest BCUT2D eigenvalue weighted by Crippen LogP contribution is 2.56. The molecule has 0 aromatic heterocycles. The number of fused-ring (bicyclic) bond motifs is 3. The largest absolute Gasteiger partial charge is 0.510 e. The molecule has 12 nitrogen and oxygen atoms in total. The van der Waals surface area contributed by atoms with E-state index in [4.69, 9.17) is 10.5 Å². The number of carbonyl (C=O) groups is 4. The first kappa shape index (κ1) is 28.8. The molecule has 12 heteroatoms. The van der Waals surface area contributed by atoms with E-state index in [-0.39, 0.29) is 17.7 Å². The summed E-state index contributed by atoms with van der Waals surface area (Å²) in [5.74, 6) is -10.3. The maximum Gasteiger partial charge on any atom is 0.310 e. The van der Waals surface area contributed by atoms with Gasteiger partial charge in [-0.25, -0.2) is 0 Å². The molecule has 0 aliphatic heterocycles. The van der Waals surface area contributed by atoms with E-state index in [1.807, 2.05) is 0 Å². The summed E-state index contributed by atoms with van der Waals surface area (Å²) in [6.07, 6.45) is -1.80. The van der Waals surface area contributed by atoms with Crippen LogP contribution in [-0.2, 0) is 25.5 Å². The zero-order chi connectivity index (χ0) is 30.8. The third-order valence-electron chi connectivity index (χ3n) is 8.52. The average molecular weight is 579 g/mol. The third-order valence-corrected chi connectivity index (χ3v) is 8.52. The second-order valence-electron chi connectivity index (χ2n) is 11.1.